The van der Waals surface area contributed by atoms with Crippen molar-refractivity contribution in [1.29, 1.82) is 0 Å². The summed E-state index contributed by atoms with van der Waals surface area (Å²) in [5.41, 5.74) is 0. The van der Waals surface area contributed by atoms with Gasteiger partial charge >= 0.3 is 0 Å². The van der Waals surface area contributed by atoms with E-state index in [0.717, 1.165) is 5.16 Å². The lowest BCUT2D eigenvalue weighted by Gasteiger charge is -2.21. The molecule has 1 aliphatic rings. The molecule has 1 heterocycles. The van der Waals surface area contributed by atoms with E-state index in [0.29, 0.717) is 24.1 Å². The molecule has 0 aliphatic heterocycles. The van der Waals surface area contributed by atoms with Gasteiger partial charge in [-0.1, -0.05) is 25.6 Å². The first-order valence-electron chi connectivity index (χ1n) is 7.04. The fraction of sp³-hybridized carbons (Fsp3) is 0.769. The Kier molecular flexibility index (Phi) is 5.42. The van der Waals surface area contributed by atoms with Gasteiger partial charge in [0.05, 0.1) is 5.75 Å². The van der Waals surface area contributed by atoms with Crippen molar-refractivity contribution in [1.82, 2.24) is 20.1 Å². The van der Waals surface area contributed by atoms with Gasteiger partial charge in [0.15, 0.2) is 5.16 Å². The van der Waals surface area contributed by atoms with E-state index in [-0.39, 0.29) is 18.6 Å². The van der Waals surface area contributed by atoms with Gasteiger partial charge in [-0.3, -0.25) is 4.79 Å². The standard InChI is InChI=1S/C13H22N4O2S/c1-9(2)11(5-6-18)15-12(19)7-20-13-16-14-8-17(13)10-3-4-10/h8-11,18H,3-7H2,1-2H3,(H,15,19). The Balaban J connectivity index is 1.80. The SMILES string of the molecule is CC(C)C(CCO)NC(=O)CSc1nncn1C1CC1. The van der Waals surface area contributed by atoms with E-state index in [1.54, 1.807) is 6.33 Å². The Labute approximate surface area is 123 Å². The Hall–Kier alpha value is -1.08. The van der Waals surface area contributed by atoms with E-state index in [9.17, 15) is 4.79 Å². The van der Waals surface area contributed by atoms with Crippen LogP contribution in [0.3, 0.4) is 0 Å². The van der Waals surface area contributed by atoms with Gasteiger partial charge in [-0.2, -0.15) is 0 Å². The first kappa shape index (κ1) is 15.3. The Morgan fingerprint density at radius 2 is 2.35 bits per heavy atom. The summed E-state index contributed by atoms with van der Waals surface area (Å²) in [6.07, 6.45) is 4.67. The van der Waals surface area contributed by atoms with Gasteiger partial charge in [-0.15, -0.1) is 10.2 Å². The Morgan fingerprint density at radius 1 is 1.60 bits per heavy atom. The van der Waals surface area contributed by atoms with Crippen molar-refractivity contribution in [3.8, 4) is 0 Å². The molecule has 0 spiro atoms. The summed E-state index contributed by atoms with van der Waals surface area (Å²) in [5.74, 6) is 0.624. The Morgan fingerprint density at radius 3 is 2.95 bits per heavy atom. The quantitative estimate of drug-likeness (QED) is 0.706. The first-order chi connectivity index (χ1) is 9.61. The van der Waals surface area contributed by atoms with Crippen LogP contribution >= 0.6 is 11.8 Å². The molecule has 1 amide bonds. The molecule has 0 bridgehead atoms. The van der Waals surface area contributed by atoms with E-state index in [4.69, 9.17) is 5.11 Å². The van der Waals surface area contributed by atoms with Crippen LogP contribution in [0.4, 0.5) is 0 Å². The third-order valence-electron chi connectivity index (χ3n) is 3.40. The smallest absolute Gasteiger partial charge is 0.230 e. The second kappa shape index (κ2) is 7.08. The molecule has 0 radical (unpaired) electrons. The first-order valence-corrected chi connectivity index (χ1v) is 8.03. The molecule has 1 atom stereocenters. The second-order valence-corrected chi connectivity index (χ2v) is 6.41. The molecule has 7 heteroatoms. The maximum absolute atomic E-state index is 12.0. The van der Waals surface area contributed by atoms with E-state index < -0.39 is 0 Å². The molecule has 0 saturated heterocycles. The van der Waals surface area contributed by atoms with Crippen LogP contribution in [0.25, 0.3) is 0 Å². The van der Waals surface area contributed by atoms with Gasteiger partial charge in [-0.25, -0.2) is 0 Å². The van der Waals surface area contributed by atoms with E-state index in [1.807, 2.05) is 18.4 Å². The number of aliphatic hydroxyl groups excluding tert-OH is 1. The third-order valence-corrected chi connectivity index (χ3v) is 4.36. The average molecular weight is 298 g/mol. The lowest BCUT2D eigenvalue weighted by molar-refractivity contribution is -0.119. The fourth-order valence-electron chi connectivity index (χ4n) is 2.03. The summed E-state index contributed by atoms with van der Waals surface area (Å²) < 4.78 is 2.05. The molecule has 20 heavy (non-hydrogen) atoms. The van der Waals surface area contributed by atoms with Crippen LogP contribution in [-0.2, 0) is 4.79 Å². The van der Waals surface area contributed by atoms with Crippen LogP contribution in [0, 0.1) is 5.92 Å². The number of thioether (sulfide) groups is 1. The molecule has 2 N–H and O–H groups in total. The number of hydrogen-bond donors (Lipinski definition) is 2. The third kappa shape index (κ3) is 4.21. The lowest BCUT2D eigenvalue weighted by atomic mass is 10.0. The zero-order chi connectivity index (χ0) is 14.5. The van der Waals surface area contributed by atoms with Gasteiger partial charge in [0.25, 0.3) is 0 Å². The molecule has 1 unspecified atom stereocenters. The minimum atomic E-state index is -0.0208. The van der Waals surface area contributed by atoms with Crippen molar-refractivity contribution in [2.45, 2.75) is 50.4 Å². The summed E-state index contributed by atoms with van der Waals surface area (Å²) in [7, 11) is 0. The highest BCUT2D eigenvalue weighted by molar-refractivity contribution is 7.99. The zero-order valence-electron chi connectivity index (χ0n) is 12.0. The molecule has 0 aromatic carbocycles. The van der Waals surface area contributed by atoms with E-state index in [2.05, 4.69) is 15.5 Å². The molecule has 2 rings (SSSR count). The van der Waals surface area contributed by atoms with Crippen LogP contribution in [0.15, 0.2) is 11.5 Å². The highest BCUT2D eigenvalue weighted by Crippen LogP contribution is 2.37. The molecule has 1 aliphatic carbocycles. The van der Waals surface area contributed by atoms with Crippen LogP contribution < -0.4 is 5.32 Å². The molecular weight excluding hydrogens is 276 g/mol. The van der Waals surface area contributed by atoms with Gasteiger partial charge in [0.1, 0.15) is 6.33 Å². The molecule has 1 aromatic heterocycles. The summed E-state index contributed by atoms with van der Waals surface area (Å²) >= 11 is 1.42. The van der Waals surface area contributed by atoms with Gasteiger partial charge in [-0.05, 0) is 25.2 Å². The van der Waals surface area contributed by atoms with Crippen LogP contribution in [-0.4, -0.2) is 44.2 Å². The van der Waals surface area contributed by atoms with Crippen LogP contribution in [0.1, 0.15) is 39.2 Å². The van der Waals surface area contributed by atoms with E-state index in [1.165, 1.54) is 24.6 Å². The van der Waals surface area contributed by atoms with Gasteiger partial charge in [0.2, 0.25) is 5.91 Å². The van der Waals surface area contributed by atoms with Gasteiger partial charge in [0, 0.05) is 18.7 Å². The van der Waals surface area contributed by atoms with Crippen molar-refractivity contribution in [2.75, 3.05) is 12.4 Å². The maximum Gasteiger partial charge on any atom is 0.230 e. The van der Waals surface area contributed by atoms with Crippen molar-refractivity contribution in [2.24, 2.45) is 5.92 Å². The van der Waals surface area contributed by atoms with E-state index >= 15 is 0 Å². The van der Waals surface area contributed by atoms with Crippen molar-refractivity contribution in [3.05, 3.63) is 6.33 Å². The van der Waals surface area contributed by atoms with Crippen LogP contribution in [0.2, 0.25) is 0 Å². The highest BCUT2D eigenvalue weighted by atomic mass is 32.2. The molecule has 1 fully saturated rings. The normalized spacial score (nSPS) is 16.4. The molecule has 6 nitrogen and oxygen atoms in total. The summed E-state index contributed by atoms with van der Waals surface area (Å²) in [4.78, 5) is 12.0. The highest BCUT2D eigenvalue weighted by Gasteiger charge is 2.26. The van der Waals surface area contributed by atoms with Crippen LogP contribution in [0.5, 0.6) is 0 Å². The fourth-order valence-corrected chi connectivity index (χ4v) is 2.82. The summed E-state index contributed by atoms with van der Waals surface area (Å²) in [5, 5.41) is 20.7. The molecule has 112 valence electrons. The van der Waals surface area contributed by atoms with Crippen molar-refractivity contribution < 1.29 is 9.90 Å². The molecule has 1 saturated carbocycles. The monoisotopic (exact) mass is 298 g/mol. The number of nitrogens with one attached hydrogen (secondary N) is 1. The average Bonchev–Trinajstić information content (AvgIpc) is 3.14. The predicted molar refractivity (Wildman–Crippen MR) is 77.5 cm³/mol. The number of nitrogens with zero attached hydrogens (tertiary/aromatic N) is 3. The van der Waals surface area contributed by atoms with Gasteiger partial charge < -0.3 is 15.0 Å². The number of amides is 1. The number of aliphatic hydroxyl groups is 1. The van der Waals surface area contributed by atoms with Crippen molar-refractivity contribution >= 4 is 17.7 Å². The lowest BCUT2D eigenvalue weighted by Crippen LogP contribution is -2.40. The number of carbonyl (C=O) groups is 1. The topological polar surface area (TPSA) is 80.0 Å². The molecule has 1 aromatic rings. The summed E-state index contributed by atoms with van der Waals surface area (Å²) in [6.45, 7) is 4.17. The number of carbonyl (C=O) groups excluding carboxylic acids is 1. The predicted octanol–water partition coefficient (Wildman–Crippen LogP) is 1.23. The minimum Gasteiger partial charge on any atom is -0.396 e. The minimum absolute atomic E-state index is 0.0208. The summed E-state index contributed by atoms with van der Waals surface area (Å²) in [6, 6.07) is 0.544. The zero-order valence-corrected chi connectivity index (χ0v) is 12.8. The largest absolute Gasteiger partial charge is 0.396 e. The molecular formula is C13H22N4O2S. The Bertz CT molecular complexity index is 445. The maximum atomic E-state index is 12.0. The number of aromatic nitrogens is 3. The second-order valence-electron chi connectivity index (χ2n) is 5.47. The number of rotatable bonds is 8. The number of hydrogen-bond acceptors (Lipinski definition) is 5. The van der Waals surface area contributed by atoms with Crippen molar-refractivity contribution in [3.63, 3.8) is 0 Å².